The van der Waals surface area contributed by atoms with Gasteiger partial charge in [-0.15, -0.1) is 0 Å². The number of ether oxygens (including phenoxy) is 2. The van der Waals surface area contributed by atoms with E-state index in [-0.39, 0.29) is 19.4 Å². The highest BCUT2D eigenvalue weighted by Gasteiger charge is 2.22. The zero-order chi connectivity index (χ0) is 34.0. The molecule has 0 rings (SSSR count). The Morgan fingerprint density at radius 2 is 0.913 bits per heavy atom. The van der Waals surface area contributed by atoms with E-state index in [2.05, 4.69) is 30.5 Å². The lowest BCUT2D eigenvalue weighted by Crippen LogP contribution is -2.29. The second-order valence-electron chi connectivity index (χ2n) is 12.9. The summed E-state index contributed by atoms with van der Waals surface area (Å²) in [7, 11) is -4.74. The van der Waals surface area contributed by atoms with Crippen LogP contribution in [-0.4, -0.2) is 41.0 Å². The van der Waals surface area contributed by atoms with Crippen molar-refractivity contribution in [1.82, 2.24) is 0 Å². The summed E-state index contributed by atoms with van der Waals surface area (Å²) in [4.78, 5) is 42.6. The molecule has 0 amide bonds. The number of phosphoric acid groups is 1. The van der Waals surface area contributed by atoms with E-state index in [1.807, 2.05) is 0 Å². The zero-order valence-corrected chi connectivity index (χ0v) is 30.6. The smallest absolute Gasteiger partial charge is 0.462 e. The molecule has 8 nitrogen and oxygen atoms in total. The minimum atomic E-state index is -4.74. The zero-order valence-electron chi connectivity index (χ0n) is 29.7. The van der Waals surface area contributed by atoms with Gasteiger partial charge in [-0.3, -0.25) is 14.1 Å². The maximum Gasteiger partial charge on any atom is 0.469 e. The van der Waals surface area contributed by atoms with Gasteiger partial charge in [-0.2, -0.15) is 0 Å². The number of phosphoric ester groups is 1. The molecule has 0 aliphatic rings. The number of rotatable bonds is 35. The molecule has 0 aromatic heterocycles. The van der Waals surface area contributed by atoms with Gasteiger partial charge < -0.3 is 19.3 Å². The third-order valence-electron chi connectivity index (χ3n) is 8.28. The highest BCUT2D eigenvalue weighted by Crippen LogP contribution is 2.36. The first-order chi connectivity index (χ1) is 22.3. The van der Waals surface area contributed by atoms with E-state index >= 15 is 0 Å². The van der Waals surface area contributed by atoms with Gasteiger partial charge in [0, 0.05) is 12.8 Å². The summed E-state index contributed by atoms with van der Waals surface area (Å²) in [6.07, 6.45) is 35.1. The van der Waals surface area contributed by atoms with E-state index in [4.69, 9.17) is 19.3 Å². The Balaban J connectivity index is 3.88. The maximum absolute atomic E-state index is 12.3. The minimum absolute atomic E-state index is 0.213. The van der Waals surface area contributed by atoms with E-state index in [1.165, 1.54) is 122 Å². The molecule has 46 heavy (non-hydrogen) atoms. The molecule has 0 bridgehead atoms. The Bertz CT molecular complexity index is 766. The fraction of sp³-hybridized carbons (Fsp3) is 0.892. The van der Waals surface area contributed by atoms with Crippen molar-refractivity contribution in [3.8, 4) is 0 Å². The number of unbranched alkanes of at least 4 members (excludes halogenated alkanes) is 23. The summed E-state index contributed by atoms with van der Waals surface area (Å²) in [6, 6.07) is 0. The van der Waals surface area contributed by atoms with Crippen LogP contribution in [0.15, 0.2) is 12.2 Å². The van der Waals surface area contributed by atoms with E-state index in [9.17, 15) is 14.2 Å². The Hall–Kier alpha value is -1.21. The molecule has 272 valence electrons. The molecule has 0 aromatic carbocycles. The molecule has 0 radical (unpaired) electrons. The monoisotopic (exact) mass is 674 g/mol. The first-order valence-electron chi connectivity index (χ1n) is 19.0. The third kappa shape index (κ3) is 35.6. The van der Waals surface area contributed by atoms with Gasteiger partial charge in [0.1, 0.15) is 6.61 Å². The number of hydrogen-bond acceptors (Lipinski definition) is 6. The molecular weight excluding hydrogens is 603 g/mol. The molecule has 9 heteroatoms. The van der Waals surface area contributed by atoms with Crippen molar-refractivity contribution in [1.29, 1.82) is 0 Å². The largest absolute Gasteiger partial charge is 0.469 e. The molecule has 0 saturated heterocycles. The molecule has 1 atom stereocenters. The van der Waals surface area contributed by atoms with Gasteiger partial charge in [0.2, 0.25) is 0 Å². The van der Waals surface area contributed by atoms with Crippen LogP contribution in [0.1, 0.15) is 194 Å². The van der Waals surface area contributed by atoms with Crippen LogP contribution in [0.2, 0.25) is 0 Å². The molecule has 0 aliphatic carbocycles. The lowest BCUT2D eigenvalue weighted by atomic mass is 10.1. The fourth-order valence-electron chi connectivity index (χ4n) is 5.43. The normalized spacial score (nSPS) is 12.5. The van der Waals surface area contributed by atoms with E-state index in [0.717, 1.165) is 38.5 Å². The quantitative estimate of drug-likeness (QED) is 0.0295. The fourth-order valence-corrected chi connectivity index (χ4v) is 5.79. The van der Waals surface area contributed by atoms with Crippen LogP contribution in [0.4, 0.5) is 0 Å². The first-order valence-corrected chi connectivity index (χ1v) is 20.5. The highest BCUT2D eigenvalue weighted by molar-refractivity contribution is 7.46. The summed E-state index contributed by atoms with van der Waals surface area (Å²) >= 11 is 0. The van der Waals surface area contributed by atoms with Gasteiger partial charge in [-0.05, 0) is 38.5 Å². The van der Waals surface area contributed by atoms with E-state index < -0.39 is 32.5 Å². The Morgan fingerprint density at radius 1 is 0.543 bits per heavy atom. The molecule has 0 spiro atoms. The average molecular weight is 675 g/mol. The van der Waals surface area contributed by atoms with Crippen LogP contribution in [0.25, 0.3) is 0 Å². The second kappa shape index (κ2) is 33.7. The van der Waals surface area contributed by atoms with Gasteiger partial charge >= 0.3 is 19.8 Å². The van der Waals surface area contributed by atoms with Crippen molar-refractivity contribution in [2.75, 3.05) is 13.2 Å². The highest BCUT2D eigenvalue weighted by atomic mass is 31.2. The van der Waals surface area contributed by atoms with Gasteiger partial charge in [0.25, 0.3) is 0 Å². The standard InChI is InChI=1S/C37H71O8P/c1-3-5-7-9-11-13-14-15-16-17-18-19-20-21-22-24-26-28-30-32-37(39)45-35(34-44-46(40,41)42)33-43-36(38)31-29-27-25-23-12-10-8-6-4-2/h15-16,35H,3-14,17-34H2,1-2H3,(H2,40,41,42)/b16-15+/t35-/m1/s1. The van der Waals surface area contributed by atoms with Gasteiger partial charge in [-0.25, -0.2) is 4.57 Å². The molecule has 0 fully saturated rings. The van der Waals surface area contributed by atoms with Crippen LogP contribution in [-0.2, 0) is 28.2 Å². The number of allylic oxidation sites excluding steroid dienone is 2. The lowest BCUT2D eigenvalue weighted by molar-refractivity contribution is -0.161. The molecule has 0 saturated carbocycles. The number of carbonyl (C=O) groups excluding carboxylic acids is 2. The molecule has 0 aliphatic heterocycles. The van der Waals surface area contributed by atoms with Crippen LogP contribution in [0.3, 0.4) is 0 Å². The van der Waals surface area contributed by atoms with Crippen molar-refractivity contribution < 1.29 is 37.9 Å². The molecule has 2 N–H and O–H groups in total. The summed E-state index contributed by atoms with van der Waals surface area (Å²) in [5.41, 5.74) is 0. The summed E-state index contributed by atoms with van der Waals surface area (Å²) < 4.78 is 26.2. The van der Waals surface area contributed by atoms with Crippen LogP contribution in [0, 0.1) is 0 Å². The molecular formula is C37H71O8P. The SMILES string of the molecule is CCCCCCCC/C=C/CCCCCCCCCCCC(=O)O[C@H](COC(=O)CCCCCCCCCCC)COP(=O)(O)O. The van der Waals surface area contributed by atoms with E-state index in [0.29, 0.717) is 6.42 Å². The van der Waals surface area contributed by atoms with Crippen molar-refractivity contribution in [3.63, 3.8) is 0 Å². The Morgan fingerprint density at radius 3 is 1.33 bits per heavy atom. The van der Waals surface area contributed by atoms with Crippen molar-refractivity contribution in [2.45, 2.75) is 200 Å². The summed E-state index contributed by atoms with van der Waals surface area (Å²) in [5.74, 6) is -0.883. The topological polar surface area (TPSA) is 119 Å². The van der Waals surface area contributed by atoms with Gasteiger partial charge in [0.15, 0.2) is 6.10 Å². The van der Waals surface area contributed by atoms with Crippen LogP contribution < -0.4 is 0 Å². The predicted octanol–water partition coefficient (Wildman–Crippen LogP) is 11.1. The van der Waals surface area contributed by atoms with Crippen molar-refractivity contribution >= 4 is 19.8 Å². The second-order valence-corrected chi connectivity index (χ2v) is 14.1. The van der Waals surface area contributed by atoms with Crippen LogP contribution >= 0.6 is 7.82 Å². The minimum Gasteiger partial charge on any atom is -0.462 e. The van der Waals surface area contributed by atoms with E-state index in [1.54, 1.807) is 0 Å². The molecule has 0 unspecified atom stereocenters. The van der Waals surface area contributed by atoms with Gasteiger partial charge in [0.05, 0.1) is 6.61 Å². The molecule has 0 aromatic rings. The third-order valence-corrected chi connectivity index (χ3v) is 8.77. The van der Waals surface area contributed by atoms with Gasteiger partial charge in [-0.1, -0.05) is 154 Å². The summed E-state index contributed by atoms with van der Waals surface area (Å²) in [5, 5.41) is 0. The number of hydrogen-bond donors (Lipinski definition) is 2. The Kier molecular flexibility index (Phi) is 32.8. The maximum atomic E-state index is 12.3. The number of esters is 2. The predicted molar refractivity (Wildman–Crippen MR) is 189 cm³/mol. The number of carbonyl (C=O) groups is 2. The lowest BCUT2D eigenvalue weighted by Gasteiger charge is -2.18. The average Bonchev–Trinajstić information content (AvgIpc) is 3.02. The molecule has 0 heterocycles. The van der Waals surface area contributed by atoms with Crippen LogP contribution in [0.5, 0.6) is 0 Å². The first kappa shape index (κ1) is 44.8. The van der Waals surface area contributed by atoms with Crippen molar-refractivity contribution in [2.24, 2.45) is 0 Å². The summed E-state index contributed by atoms with van der Waals surface area (Å²) in [6.45, 7) is 3.65. The Labute approximate surface area is 282 Å². The van der Waals surface area contributed by atoms with Crippen molar-refractivity contribution in [3.05, 3.63) is 12.2 Å².